The van der Waals surface area contributed by atoms with E-state index in [1.807, 2.05) is 0 Å². The fourth-order valence-electron chi connectivity index (χ4n) is 0.466. The smallest absolute Gasteiger partial charge is 0.277 e. The van der Waals surface area contributed by atoms with E-state index in [9.17, 15) is 13.2 Å². The molecule has 8 heteroatoms. The Balaban J connectivity index is 2.77. The van der Waals surface area contributed by atoms with Crippen molar-refractivity contribution in [1.29, 1.82) is 0 Å². The molecule has 0 saturated carbocycles. The largest absolute Gasteiger partial charge is 0.445 e. The summed E-state index contributed by atoms with van der Waals surface area (Å²) in [4.78, 5) is 4.34. The molecule has 0 unspecified atom stereocenters. The number of alkyl halides is 3. The maximum atomic E-state index is 11.9. The summed E-state index contributed by atoms with van der Waals surface area (Å²) >= 11 is 0.381. The van der Waals surface area contributed by atoms with Crippen LogP contribution in [0.25, 0.3) is 0 Å². The number of anilines is 1. The van der Waals surface area contributed by atoms with Gasteiger partial charge in [0.2, 0.25) is 10.1 Å². The lowest BCUT2D eigenvalue weighted by Crippen LogP contribution is -2.03. The van der Waals surface area contributed by atoms with Crippen molar-refractivity contribution in [1.82, 2.24) is 10.2 Å². The van der Waals surface area contributed by atoms with Crippen molar-refractivity contribution >= 4 is 16.5 Å². The topological polar surface area (TPSA) is 47.0 Å². The second kappa shape index (κ2) is 3.23. The molecule has 0 fully saturated rings. The van der Waals surface area contributed by atoms with E-state index < -0.39 is 11.2 Å². The highest BCUT2D eigenvalue weighted by Crippen LogP contribution is 2.32. The van der Waals surface area contributed by atoms with Gasteiger partial charge < -0.3 is 0 Å². The maximum absolute atomic E-state index is 11.9. The molecular weight excluding hydrogens is 195 g/mol. The summed E-state index contributed by atoms with van der Waals surface area (Å²) in [5, 5.41) is 5.07. The summed E-state index contributed by atoms with van der Waals surface area (Å²) in [7, 11) is 1.27. The van der Waals surface area contributed by atoms with E-state index in [1.165, 1.54) is 7.11 Å². The lowest BCUT2D eigenvalue weighted by Gasteiger charge is -1.97. The Labute approximate surface area is 69.3 Å². The van der Waals surface area contributed by atoms with Gasteiger partial charge in [-0.25, -0.2) is 5.48 Å². The number of nitrogens with zero attached hydrogens (tertiary/aromatic N) is 2. The van der Waals surface area contributed by atoms with Crippen LogP contribution < -0.4 is 5.48 Å². The van der Waals surface area contributed by atoms with Gasteiger partial charge in [0.25, 0.3) is 0 Å². The van der Waals surface area contributed by atoms with Gasteiger partial charge >= 0.3 is 6.18 Å². The zero-order chi connectivity index (χ0) is 9.19. The van der Waals surface area contributed by atoms with Gasteiger partial charge in [-0.3, -0.25) is 4.84 Å². The molecule has 1 rings (SSSR count). The lowest BCUT2D eigenvalue weighted by atomic mass is 10.7. The molecule has 1 N–H and O–H groups in total. The summed E-state index contributed by atoms with van der Waals surface area (Å²) in [5.74, 6) is 0. The Hall–Kier alpha value is -0.890. The lowest BCUT2D eigenvalue weighted by molar-refractivity contribution is -0.138. The third kappa shape index (κ3) is 2.05. The number of rotatable bonds is 2. The van der Waals surface area contributed by atoms with E-state index >= 15 is 0 Å². The highest BCUT2D eigenvalue weighted by atomic mass is 32.1. The Morgan fingerprint density at radius 3 is 2.50 bits per heavy atom. The number of hydrogen-bond acceptors (Lipinski definition) is 5. The highest BCUT2D eigenvalue weighted by Gasteiger charge is 2.35. The summed E-state index contributed by atoms with van der Waals surface area (Å²) in [5.41, 5.74) is 2.14. The summed E-state index contributed by atoms with van der Waals surface area (Å²) in [6, 6.07) is 0. The molecule has 1 heterocycles. The first kappa shape index (κ1) is 9.20. The first-order chi connectivity index (χ1) is 5.54. The molecule has 1 aromatic heterocycles. The van der Waals surface area contributed by atoms with E-state index in [-0.39, 0.29) is 5.13 Å². The minimum atomic E-state index is -4.44. The van der Waals surface area contributed by atoms with E-state index in [0.717, 1.165) is 0 Å². The minimum absolute atomic E-state index is 0.0233. The maximum Gasteiger partial charge on any atom is 0.445 e. The average Bonchev–Trinajstić information content (AvgIpc) is 2.35. The van der Waals surface area contributed by atoms with Crippen molar-refractivity contribution < 1.29 is 18.0 Å². The molecule has 0 radical (unpaired) electrons. The van der Waals surface area contributed by atoms with Crippen molar-refractivity contribution in [2.45, 2.75) is 6.18 Å². The van der Waals surface area contributed by atoms with Crippen LogP contribution in [0.5, 0.6) is 0 Å². The normalized spacial score (nSPS) is 11.7. The third-order valence-corrected chi connectivity index (χ3v) is 1.72. The molecule has 0 spiro atoms. The fraction of sp³-hybridized carbons (Fsp3) is 0.500. The quantitative estimate of drug-likeness (QED) is 0.734. The van der Waals surface area contributed by atoms with Crippen LogP contribution in [0.3, 0.4) is 0 Å². The predicted molar refractivity (Wildman–Crippen MR) is 35.5 cm³/mol. The van der Waals surface area contributed by atoms with Gasteiger partial charge in [-0.2, -0.15) is 13.2 Å². The molecule has 0 saturated heterocycles. The number of nitrogens with one attached hydrogen (secondary N) is 1. The molecule has 0 amide bonds. The van der Waals surface area contributed by atoms with Crippen molar-refractivity contribution in [3.8, 4) is 0 Å². The predicted octanol–water partition coefficient (Wildman–Crippen LogP) is 1.53. The zero-order valence-electron chi connectivity index (χ0n) is 5.84. The van der Waals surface area contributed by atoms with Crippen LogP contribution in [-0.2, 0) is 11.0 Å². The summed E-state index contributed by atoms with van der Waals surface area (Å²) in [6.45, 7) is 0. The Morgan fingerprint density at radius 2 is 2.08 bits per heavy atom. The van der Waals surface area contributed by atoms with Gasteiger partial charge in [-0.15, -0.1) is 10.2 Å². The third-order valence-electron chi connectivity index (χ3n) is 0.857. The molecule has 0 bridgehead atoms. The van der Waals surface area contributed by atoms with Crippen LogP contribution >= 0.6 is 11.3 Å². The van der Waals surface area contributed by atoms with Crippen LogP contribution in [0, 0.1) is 0 Å². The minimum Gasteiger partial charge on any atom is -0.277 e. The van der Waals surface area contributed by atoms with Crippen LogP contribution in [0.2, 0.25) is 0 Å². The average molecular weight is 199 g/mol. The molecule has 0 aliphatic carbocycles. The van der Waals surface area contributed by atoms with E-state index in [0.29, 0.717) is 11.3 Å². The number of hydrogen-bond donors (Lipinski definition) is 1. The fourth-order valence-corrected chi connectivity index (χ4v) is 1.05. The van der Waals surface area contributed by atoms with Gasteiger partial charge in [0.05, 0.1) is 7.11 Å². The molecular formula is C4H4F3N3OS. The van der Waals surface area contributed by atoms with E-state index in [1.54, 1.807) is 0 Å². The molecule has 0 aromatic carbocycles. The van der Waals surface area contributed by atoms with Crippen LogP contribution in [0.4, 0.5) is 18.3 Å². The zero-order valence-corrected chi connectivity index (χ0v) is 6.66. The van der Waals surface area contributed by atoms with Gasteiger partial charge in [-0.1, -0.05) is 11.3 Å². The van der Waals surface area contributed by atoms with E-state index in [2.05, 4.69) is 20.5 Å². The Morgan fingerprint density at radius 1 is 1.42 bits per heavy atom. The molecule has 1 aromatic rings. The van der Waals surface area contributed by atoms with E-state index in [4.69, 9.17) is 0 Å². The van der Waals surface area contributed by atoms with Crippen molar-refractivity contribution in [3.05, 3.63) is 5.01 Å². The molecule has 0 atom stereocenters. The van der Waals surface area contributed by atoms with Crippen LogP contribution in [0.1, 0.15) is 5.01 Å². The SMILES string of the molecule is CONc1nnc(C(F)(F)F)s1. The van der Waals surface area contributed by atoms with Crippen molar-refractivity contribution in [3.63, 3.8) is 0 Å². The van der Waals surface area contributed by atoms with Gasteiger partial charge in [0.15, 0.2) is 0 Å². The standard InChI is InChI=1S/C4H4F3N3OS/c1-11-10-3-9-8-2(12-3)4(5,6)7/h1H3,(H,9,10). The first-order valence-corrected chi connectivity index (χ1v) is 3.55. The molecule has 68 valence electrons. The molecule has 4 nitrogen and oxygen atoms in total. The molecule has 0 aliphatic rings. The monoisotopic (exact) mass is 199 g/mol. The summed E-state index contributed by atoms with van der Waals surface area (Å²) < 4.78 is 35.6. The second-order valence-electron chi connectivity index (χ2n) is 1.72. The van der Waals surface area contributed by atoms with Crippen molar-refractivity contribution in [2.24, 2.45) is 0 Å². The van der Waals surface area contributed by atoms with Gasteiger partial charge in [-0.05, 0) is 0 Å². The molecule has 12 heavy (non-hydrogen) atoms. The Bertz CT molecular complexity index is 260. The van der Waals surface area contributed by atoms with Crippen molar-refractivity contribution in [2.75, 3.05) is 12.6 Å². The number of halogens is 3. The van der Waals surface area contributed by atoms with Gasteiger partial charge in [0.1, 0.15) is 0 Å². The molecule has 0 aliphatic heterocycles. The van der Waals surface area contributed by atoms with Crippen LogP contribution in [-0.4, -0.2) is 17.3 Å². The number of aromatic nitrogens is 2. The summed E-state index contributed by atoms with van der Waals surface area (Å²) in [6.07, 6.45) is -4.44. The highest BCUT2D eigenvalue weighted by molar-refractivity contribution is 7.15. The van der Waals surface area contributed by atoms with Gasteiger partial charge in [0, 0.05) is 0 Å². The van der Waals surface area contributed by atoms with Crippen LogP contribution in [0.15, 0.2) is 0 Å². The second-order valence-corrected chi connectivity index (χ2v) is 2.69. The first-order valence-electron chi connectivity index (χ1n) is 2.73. The Kier molecular flexibility index (Phi) is 2.48.